The number of nitrogens with one attached hydrogen (secondary N) is 2. The normalized spacial score (nSPS) is 12.7. The highest BCUT2D eigenvalue weighted by Gasteiger charge is 2.15. The summed E-state index contributed by atoms with van der Waals surface area (Å²) >= 11 is 11.7. The number of hydrogen-bond donors (Lipinski definition) is 9. The minimum absolute atomic E-state index is 0.00769. The predicted molar refractivity (Wildman–Crippen MR) is 187 cm³/mol. The van der Waals surface area contributed by atoms with Crippen molar-refractivity contribution in [3.05, 3.63) is 82.8 Å². The Morgan fingerprint density at radius 1 is 0.644 bits per heavy atom. The fraction of sp³-hybridized carbons (Fsp3) is 0.214. The van der Waals surface area contributed by atoms with Gasteiger partial charge in [-0.1, -0.05) is 36.0 Å². The van der Waals surface area contributed by atoms with Gasteiger partial charge in [0.05, 0.1) is 5.30 Å². The van der Waals surface area contributed by atoms with E-state index in [1.807, 2.05) is 0 Å². The summed E-state index contributed by atoms with van der Waals surface area (Å²) in [5.41, 5.74) is 30.6. The number of hydrogen-bond acceptors (Lipinski definition) is 4. The average molecular weight is 679 g/mol. The maximum atomic E-state index is 10.6. The Kier molecular flexibility index (Phi) is 15.7. The summed E-state index contributed by atoms with van der Waals surface area (Å²) in [6, 6.07) is 19.7. The van der Waals surface area contributed by atoms with Gasteiger partial charge in [0.25, 0.3) is 0 Å². The third kappa shape index (κ3) is 16.4. The highest BCUT2D eigenvalue weighted by molar-refractivity contribution is 7.60. The van der Waals surface area contributed by atoms with E-state index in [1.54, 1.807) is 48.5 Å². The molecule has 45 heavy (non-hydrogen) atoms. The van der Waals surface area contributed by atoms with Gasteiger partial charge >= 0.3 is 7.60 Å². The van der Waals surface area contributed by atoms with Crippen LogP contribution in [0.2, 0.25) is 10.0 Å². The average Bonchev–Trinajstić information content (AvgIpc) is 2.97. The largest absolute Gasteiger partial charge is 0.399 e. The van der Waals surface area contributed by atoms with Crippen molar-refractivity contribution in [3.8, 4) is 0 Å². The minimum Gasteiger partial charge on any atom is -0.399 e. The lowest BCUT2D eigenvalue weighted by Gasteiger charge is -2.05. The lowest BCUT2D eigenvalue weighted by atomic mass is 10.2. The molecular weight excluding hydrogens is 640 g/mol. The molecule has 0 amide bonds. The second-order valence-corrected chi connectivity index (χ2v) is 11.8. The number of nitrogens with two attached hydrogens (primary N) is 5. The lowest BCUT2D eigenvalue weighted by molar-refractivity contribution is 0.387. The molecule has 0 aromatic heterocycles. The van der Waals surface area contributed by atoms with Crippen molar-refractivity contribution in [1.29, 1.82) is 0 Å². The summed E-state index contributed by atoms with van der Waals surface area (Å²) in [6.45, 7) is 1.12. The molecule has 3 aromatic carbocycles. The number of nitrogens with zero attached hydrogens (tertiary/aromatic N) is 4. The van der Waals surface area contributed by atoms with Gasteiger partial charge in [0.15, 0.2) is 0 Å². The van der Waals surface area contributed by atoms with Crippen molar-refractivity contribution in [2.24, 2.45) is 42.9 Å². The highest BCUT2D eigenvalue weighted by atomic mass is 35.5. The molecule has 0 aliphatic carbocycles. The number of guanidine groups is 4. The number of benzene rings is 3. The molecule has 0 radical (unpaired) electrons. The van der Waals surface area contributed by atoms with Gasteiger partial charge in [-0.3, -0.25) is 14.5 Å². The van der Waals surface area contributed by atoms with Crippen LogP contribution in [0.1, 0.15) is 25.7 Å². The van der Waals surface area contributed by atoms with Crippen LogP contribution in [0.5, 0.6) is 0 Å². The molecule has 242 valence electrons. The second-order valence-electron chi connectivity index (χ2n) is 9.29. The quantitative estimate of drug-likeness (QED) is 0.0496. The van der Waals surface area contributed by atoms with Crippen LogP contribution < -0.4 is 44.6 Å². The third-order valence-corrected chi connectivity index (χ3v) is 7.02. The van der Waals surface area contributed by atoms with Crippen LogP contribution >= 0.6 is 30.8 Å². The molecule has 3 rings (SSSR count). The molecule has 0 heterocycles. The van der Waals surface area contributed by atoms with Crippen molar-refractivity contribution in [2.75, 3.05) is 29.5 Å². The van der Waals surface area contributed by atoms with Crippen molar-refractivity contribution in [1.82, 2.24) is 0 Å². The maximum absolute atomic E-state index is 10.6. The zero-order valence-corrected chi connectivity index (χ0v) is 26.8. The zero-order chi connectivity index (χ0) is 33.2. The topological polar surface area (TPSA) is 261 Å². The summed E-state index contributed by atoms with van der Waals surface area (Å²) in [4.78, 5) is 33.8. The molecule has 0 spiro atoms. The number of rotatable bonds is 10. The first-order chi connectivity index (χ1) is 21.3. The predicted octanol–water partition coefficient (Wildman–Crippen LogP) is 3.41. The summed E-state index contributed by atoms with van der Waals surface area (Å²) in [7, 11) is -4.09. The number of nitrogen functional groups attached to an aromatic ring is 1. The molecule has 17 heteroatoms. The van der Waals surface area contributed by atoms with E-state index in [0.717, 1.165) is 37.1 Å². The van der Waals surface area contributed by atoms with Gasteiger partial charge in [0.2, 0.25) is 23.8 Å². The van der Waals surface area contributed by atoms with E-state index in [9.17, 15) is 4.57 Å². The van der Waals surface area contributed by atoms with Gasteiger partial charge in [0.1, 0.15) is 0 Å². The maximum Gasteiger partial charge on any atom is 0.356 e. The Morgan fingerprint density at radius 3 is 1.38 bits per heavy atom. The molecule has 0 fully saturated rings. The summed E-state index contributed by atoms with van der Waals surface area (Å²) in [5, 5.41) is 7.11. The summed E-state index contributed by atoms with van der Waals surface area (Å²) in [5.74, 6) is 0.564. The monoisotopic (exact) mass is 677 g/mol. The Labute approximate surface area is 271 Å². The fourth-order valence-electron chi connectivity index (χ4n) is 3.37. The van der Waals surface area contributed by atoms with E-state index in [0.29, 0.717) is 28.8 Å². The van der Waals surface area contributed by atoms with E-state index in [1.165, 1.54) is 24.3 Å². The van der Waals surface area contributed by atoms with Crippen LogP contribution in [-0.2, 0) is 4.57 Å². The third-order valence-electron chi connectivity index (χ3n) is 5.55. The van der Waals surface area contributed by atoms with Gasteiger partial charge in [-0.2, -0.15) is 9.98 Å². The molecular formula is C28H38Cl2N11O3P. The second kappa shape index (κ2) is 19.1. The van der Waals surface area contributed by atoms with E-state index in [-0.39, 0.29) is 29.1 Å². The summed E-state index contributed by atoms with van der Waals surface area (Å²) < 4.78 is 10.6. The van der Waals surface area contributed by atoms with E-state index < -0.39 is 7.60 Å². The molecule has 14 N–H and O–H groups in total. The van der Waals surface area contributed by atoms with Crippen molar-refractivity contribution < 1.29 is 14.4 Å². The van der Waals surface area contributed by atoms with Gasteiger partial charge < -0.3 is 49.1 Å². The van der Waals surface area contributed by atoms with Crippen molar-refractivity contribution in [3.63, 3.8) is 0 Å². The van der Waals surface area contributed by atoms with E-state index in [4.69, 9.17) is 61.7 Å². The minimum atomic E-state index is -4.09. The molecule has 0 bridgehead atoms. The standard InChI is InChI=1S/C22H30Cl2N10.C6H8NO3P/c23-15-5-9-17(10-6-15)31-21(27)33-19(25)29-13-3-1-2-4-14-30-20(26)34-22(28)32-18-11-7-16(24)8-12-18;7-5-1-3-6(4-2-5)11(8,9)10/h5-12H,1-4,13-14H2,(H5,25,27,29,31,33)(H5,26,28,30,32,34);1-4H,7H2,(H2,8,9,10). The van der Waals surface area contributed by atoms with Crippen LogP contribution in [0, 0.1) is 0 Å². The van der Waals surface area contributed by atoms with E-state index >= 15 is 0 Å². The van der Waals surface area contributed by atoms with Gasteiger partial charge in [-0.25, -0.2) is 0 Å². The molecule has 0 saturated heterocycles. The van der Waals surface area contributed by atoms with Crippen molar-refractivity contribution in [2.45, 2.75) is 25.7 Å². The number of anilines is 3. The first-order valence-corrected chi connectivity index (χ1v) is 15.9. The molecule has 0 aliphatic heterocycles. The van der Waals surface area contributed by atoms with Crippen LogP contribution in [0.25, 0.3) is 0 Å². The Balaban J connectivity index is 0.000000537. The van der Waals surface area contributed by atoms with Gasteiger partial charge in [-0.05, 0) is 85.6 Å². The van der Waals surface area contributed by atoms with E-state index in [2.05, 4.69) is 30.6 Å². The molecule has 14 nitrogen and oxygen atoms in total. The van der Waals surface area contributed by atoms with Crippen LogP contribution in [0.15, 0.2) is 92.8 Å². The molecule has 0 atom stereocenters. The van der Waals surface area contributed by atoms with Crippen molar-refractivity contribution >= 4 is 77.0 Å². The van der Waals surface area contributed by atoms with Crippen LogP contribution in [-0.4, -0.2) is 46.7 Å². The number of aliphatic imine (C=N–C) groups is 4. The number of halogens is 2. The lowest BCUT2D eigenvalue weighted by Crippen LogP contribution is -2.26. The number of unbranched alkanes of at least 4 members (excludes halogenated alkanes) is 3. The summed E-state index contributed by atoms with van der Waals surface area (Å²) in [6.07, 6.45) is 3.68. The Hall–Kier alpha value is -4.33. The Morgan fingerprint density at radius 2 is 1.02 bits per heavy atom. The van der Waals surface area contributed by atoms with Gasteiger partial charge in [0, 0.05) is 40.2 Å². The molecule has 3 aromatic rings. The van der Waals surface area contributed by atoms with Crippen LogP contribution in [0.3, 0.4) is 0 Å². The molecule has 0 saturated carbocycles. The molecule has 0 unspecified atom stereocenters. The van der Waals surface area contributed by atoms with Gasteiger partial charge in [-0.15, -0.1) is 0 Å². The highest BCUT2D eigenvalue weighted by Crippen LogP contribution is 2.32. The zero-order valence-electron chi connectivity index (χ0n) is 24.4. The fourth-order valence-corrected chi connectivity index (χ4v) is 4.16. The first-order valence-electron chi connectivity index (χ1n) is 13.6. The molecule has 0 aliphatic rings. The first kappa shape index (κ1) is 36.9. The SMILES string of the molecule is NC(=NCCCCCCN=C(N)/N=C(\N)Nc1ccc(Cl)cc1)/N=C(\N)Nc1ccc(Cl)cc1.Nc1ccc(P(=O)(O)O)cc1. The smallest absolute Gasteiger partial charge is 0.356 e. The Bertz CT molecular complexity index is 1430. The van der Waals surface area contributed by atoms with Crippen LogP contribution in [0.4, 0.5) is 17.1 Å².